The molecule has 0 bridgehead atoms. The van der Waals surface area contributed by atoms with Crippen molar-refractivity contribution < 1.29 is 0 Å². The molecule has 0 spiro atoms. The Morgan fingerprint density at radius 3 is 2.10 bits per heavy atom. The average Bonchev–Trinajstić information content (AvgIpc) is 2.41. The van der Waals surface area contributed by atoms with Crippen LogP contribution in [0.15, 0.2) is 37.5 Å². The molecule has 2 unspecified atom stereocenters. The fraction of sp³-hybridized carbons (Fsp3) is 0.700. The van der Waals surface area contributed by atoms with Gasteiger partial charge in [0.05, 0.1) is 0 Å². The van der Waals surface area contributed by atoms with Crippen molar-refractivity contribution in [1.82, 2.24) is 5.32 Å². The highest BCUT2D eigenvalue weighted by Gasteiger charge is 2.33. The van der Waals surface area contributed by atoms with E-state index in [-0.39, 0.29) is 5.54 Å². The van der Waals surface area contributed by atoms with Crippen LogP contribution in [0.2, 0.25) is 0 Å². The number of hydrogen-bond donors (Lipinski definition) is 1. The Hall–Kier alpha value is -0.820. The first kappa shape index (κ1) is 20.2. The quantitative estimate of drug-likeness (QED) is 0.385. The molecule has 0 saturated heterocycles. The molecule has 0 aromatic rings. The number of rotatable bonds is 11. The Morgan fingerprint density at radius 2 is 1.71 bits per heavy atom. The Kier molecular flexibility index (Phi) is 8.89. The summed E-state index contributed by atoms with van der Waals surface area (Å²) in [7, 11) is 0. The lowest BCUT2D eigenvalue weighted by atomic mass is 9.74. The molecule has 0 heterocycles. The summed E-state index contributed by atoms with van der Waals surface area (Å²) < 4.78 is 0. The van der Waals surface area contributed by atoms with E-state index in [1.165, 1.54) is 0 Å². The summed E-state index contributed by atoms with van der Waals surface area (Å²) in [6, 6.07) is 0. The lowest BCUT2D eigenvalue weighted by molar-refractivity contribution is 0.210. The van der Waals surface area contributed by atoms with Gasteiger partial charge in [-0.25, -0.2) is 0 Å². The second kappa shape index (κ2) is 9.25. The van der Waals surface area contributed by atoms with Gasteiger partial charge in [0.25, 0.3) is 0 Å². The highest BCUT2D eigenvalue weighted by molar-refractivity contribution is 5.17. The van der Waals surface area contributed by atoms with E-state index in [4.69, 9.17) is 0 Å². The molecule has 0 aromatic heterocycles. The SMILES string of the molecule is C=CC(=C)CC(C)(NCC(C)C)C(C=C)C[C@@H](C)C(C)C. The van der Waals surface area contributed by atoms with Crippen molar-refractivity contribution >= 4 is 0 Å². The lowest BCUT2D eigenvalue weighted by Gasteiger charge is -2.40. The fourth-order valence-electron chi connectivity index (χ4n) is 2.59. The third-order valence-corrected chi connectivity index (χ3v) is 4.66. The van der Waals surface area contributed by atoms with Gasteiger partial charge in [0.1, 0.15) is 0 Å². The Morgan fingerprint density at radius 1 is 1.14 bits per heavy atom. The molecule has 0 fully saturated rings. The van der Waals surface area contributed by atoms with Gasteiger partial charge in [0.15, 0.2) is 0 Å². The van der Waals surface area contributed by atoms with Crippen LogP contribution in [0.25, 0.3) is 0 Å². The Bertz CT molecular complexity index is 340. The van der Waals surface area contributed by atoms with E-state index in [2.05, 4.69) is 72.7 Å². The summed E-state index contributed by atoms with van der Waals surface area (Å²) >= 11 is 0. The van der Waals surface area contributed by atoms with Crippen LogP contribution >= 0.6 is 0 Å². The minimum Gasteiger partial charge on any atom is -0.310 e. The smallest absolute Gasteiger partial charge is 0.0256 e. The largest absolute Gasteiger partial charge is 0.310 e. The third-order valence-electron chi connectivity index (χ3n) is 4.66. The molecule has 0 rings (SSSR count). The molecule has 1 heteroatoms. The predicted octanol–water partition coefficient (Wildman–Crippen LogP) is 5.61. The van der Waals surface area contributed by atoms with E-state index in [9.17, 15) is 0 Å². The average molecular weight is 292 g/mol. The topological polar surface area (TPSA) is 12.0 Å². The van der Waals surface area contributed by atoms with Gasteiger partial charge in [-0.3, -0.25) is 0 Å². The maximum atomic E-state index is 4.12. The van der Waals surface area contributed by atoms with Crippen molar-refractivity contribution in [3.8, 4) is 0 Å². The summed E-state index contributed by atoms with van der Waals surface area (Å²) in [5.74, 6) is 2.45. The summed E-state index contributed by atoms with van der Waals surface area (Å²) in [6.45, 7) is 26.8. The second-order valence-electron chi connectivity index (χ2n) is 7.53. The molecule has 1 N–H and O–H groups in total. The maximum absolute atomic E-state index is 4.12. The number of nitrogens with one attached hydrogen (secondary N) is 1. The van der Waals surface area contributed by atoms with Crippen molar-refractivity contribution in [1.29, 1.82) is 0 Å². The van der Waals surface area contributed by atoms with Crippen LogP contribution in [0.1, 0.15) is 54.4 Å². The van der Waals surface area contributed by atoms with Gasteiger partial charge < -0.3 is 5.32 Å². The third kappa shape index (κ3) is 7.13. The predicted molar refractivity (Wildman–Crippen MR) is 97.5 cm³/mol. The van der Waals surface area contributed by atoms with Crippen LogP contribution in [0.4, 0.5) is 0 Å². The summed E-state index contributed by atoms with van der Waals surface area (Å²) in [6.07, 6.45) is 6.09. The van der Waals surface area contributed by atoms with Crippen LogP contribution in [-0.4, -0.2) is 12.1 Å². The van der Waals surface area contributed by atoms with Gasteiger partial charge in [-0.05, 0) is 50.0 Å². The zero-order valence-electron chi connectivity index (χ0n) is 15.2. The highest BCUT2D eigenvalue weighted by Crippen LogP contribution is 2.33. The lowest BCUT2D eigenvalue weighted by Crippen LogP contribution is -2.50. The first-order valence-electron chi connectivity index (χ1n) is 8.34. The molecule has 21 heavy (non-hydrogen) atoms. The molecule has 3 atom stereocenters. The van der Waals surface area contributed by atoms with Gasteiger partial charge in [0, 0.05) is 5.54 Å². The van der Waals surface area contributed by atoms with E-state index in [1.807, 2.05) is 6.08 Å². The Labute approximate surface area is 133 Å². The molecular formula is C20H37N. The molecule has 0 saturated carbocycles. The van der Waals surface area contributed by atoms with Gasteiger partial charge in [0.2, 0.25) is 0 Å². The van der Waals surface area contributed by atoms with E-state index in [0.29, 0.717) is 23.7 Å². The van der Waals surface area contributed by atoms with Gasteiger partial charge >= 0.3 is 0 Å². The van der Waals surface area contributed by atoms with E-state index in [1.54, 1.807) is 0 Å². The number of hydrogen-bond acceptors (Lipinski definition) is 1. The Balaban J connectivity index is 5.15. The molecule has 0 aromatic carbocycles. The van der Waals surface area contributed by atoms with Crippen LogP contribution in [0.3, 0.4) is 0 Å². The molecule has 1 nitrogen and oxygen atoms in total. The first-order valence-corrected chi connectivity index (χ1v) is 8.34. The van der Waals surface area contributed by atoms with Crippen LogP contribution in [0, 0.1) is 23.7 Å². The monoisotopic (exact) mass is 291 g/mol. The summed E-state index contributed by atoms with van der Waals surface area (Å²) in [5, 5.41) is 3.78. The molecule has 122 valence electrons. The normalized spacial score (nSPS) is 17.3. The minimum absolute atomic E-state index is 0.000440. The standard InChI is InChI=1S/C20H37N/c1-10-17(7)13-20(9,21-14-15(3)4)19(11-2)12-18(8)16(5)6/h10-11,15-16,18-19,21H,1-2,7,12-14H2,3-6,8-9H3/t18-,19?,20?/m1/s1. The van der Waals surface area contributed by atoms with Gasteiger partial charge in [-0.15, -0.1) is 6.58 Å². The van der Waals surface area contributed by atoms with E-state index < -0.39 is 0 Å². The summed E-state index contributed by atoms with van der Waals surface area (Å²) in [4.78, 5) is 0. The molecular weight excluding hydrogens is 254 g/mol. The van der Waals surface area contributed by atoms with Gasteiger partial charge in [-0.1, -0.05) is 65.5 Å². The van der Waals surface area contributed by atoms with Crippen LogP contribution in [-0.2, 0) is 0 Å². The number of allylic oxidation sites excluding steroid dienone is 1. The van der Waals surface area contributed by atoms with Gasteiger partial charge in [-0.2, -0.15) is 0 Å². The zero-order valence-corrected chi connectivity index (χ0v) is 15.2. The first-order chi connectivity index (χ1) is 9.66. The van der Waals surface area contributed by atoms with Crippen molar-refractivity contribution in [2.75, 3.05) is 6.54 Å². The molecule has 0 amide bonds. The van der Waals surface area contributed by atoms with Crippen molar-refractivity contribution in [3.63, 3.8) is 0 Å². The van der Waals surface area contributed by atoms with Crippen molar-refractivity contribution in [3.05, 3.63) is 37.5 Å². The second-order valence-corrected chi connectivity index (χ2v) is 7.53. The molecule has 0 aliphatic heterocycles. The van der Waals surface area contributed by atoms with Crippen molar-refractivity contribution in [2.45, 2.75) is 59.9 Å². The summed E-state index contributed by atoms with van der Waals surface area (Å²) in [5.41, 5.74) is 1.10. The van der Waals surface area contributed by atoms with Crippen molar-refractivity contribution in [2.24, 2.45) is 23.7 Å². The fourth-order valence-corrected chi connectivity index (χ4v) is 2.59. The van der Waals surface area contributed by atoms with E-state index in [0.717, 1.165) is 25.0 Å². The molecule has 0 aliphatic rings. The van der Waals surface area contributed by atoms with Crippen LogP contribution in [0.5, 0.6) is 0 Å². The highest BCUT2D eigenvalue weighted by atomic mass is 15.0. The molecule has 0 aliphatic carbocycles. The van der Waals surface area contributed by atoms with E-state index >= 15 is 0 Å². The minimum atomic E-state index is 0.000440. The maximum Gasteiger partial charge on any atom is 0.0256 e. The molecule has 0 radical (unpaired) electrons. The zero-order chi connectivity index (χ0) is 16.6. The van der Waals surface area contributed by atoms with Crippen LogP contribution < -0.4 is 5.32 Å².